The second-order valence-corrected chi connectivity index (χ2v) is 5.98. The fourth-order valence-corrected chi connectivity index (χ4v) is 3.03. The molecule has 114 valence electrons. The first-order valence-corrected chi connectivity index (χ1v) is 7.85. The smallest absolute Gasteiger partial charge is 0.251 e. The zero-order valence-corrected chi connectivity index (χ0v) is 12.8. The van der Waals surface area contributed by atoms with Crippen molar-refractivity contribution >= 4 is 5.91 Å². The fraction of sp³-hybridized carbons (Fsp3) is 0.316. The molecule has 0 aliphatic heterocycles. The van der Waals surface area contributed by atoms with Gasteiger partial charge >= 0.3 is 0 Å². The maximum absolute atomic E-state index is 12.4. The van der Waals surface area contributed by atoms with Gasteiger partial charge < -0.3 is 10.4 Å². The van der Waals surface area contributed by atoms with Gasteiger partial charge in [-0.1, -0.05) is 18.2 Å². The van der Waals surface area contributed by atoms with E-state index >= 15 is 0 Å². The van der Waals surface area contributed by atoms with Crippen molar-refractivity contribution < 1.29 is 9.90 Å². The summed E-state index contributed by atoms with van der Waals surface area (Å²) < 4.78 is 0. The molecule has 1 aliphatic carbocycles. The summed E-state index contributed by atoms with van der Waals surface area (Å²) in [6.07, 6.45) is 4.64. The fourth-order valence-electron chi connectivity index (χ4n) is 3.03. The minimum atomic E-state index is -0.143. The molecule has 3 nitrogen and oxygen atoms in total. The number of amides is 1. The molecule has 0 aromatic heterocycles. The molecular weight excluding hydrogens is 274 g/mol. The third-order valence-electron chi connectivity index (χ3n) is 4.33. The molecule has 0 fully saturated rings. The van der Waals surface area contributed by atoms with Gasteiger partial charge in [-0.25, -0.2) is 0 Å². The van der Waals surface area contributed by atoms with Gasteiger partial charge in [0.1, 0.15) is 5.75 Å². The lowest BCUT2D eigenvalue weighted by Crippen LogP contribution is -2.26. The zero-order chi connectivity index (χ0) is 15.5. The lowest BCUT2D eigenvalue weighted by molar-refractivity contribution is 0.0939. The number of aryl methyl sites for hydroxylation is 2. The Morgan fingerprint density at radius 2 is 1.86 bits per heavy atom. The minimum Gasteiger partial charge on any atom is -0.508 e. The number of hydrogen-bond acceptors (Lipinski definition) is 2. The number of fused-ring (bicyclic) bond motifs is 1. The largest absolute Gasteiger partial charge is 0.508 e. The summed E-state index contributed by atoms with van der Waals surface area (Å²) in [5.74, 6) is 0.150. The maximum atomic E-state index is 12.4. The number of benzene rings is 2. The van der Waals surface area contributed by atoms with Crippen molar-refractivity contribution in [3.8, 4) is 5.75 Å². The van der Waals surface area contributed by atoms with Crippen LogP contribution in [-0.4, -0.2) is 11.0 Å². The van der Waals surface area contributed by atoms with Crippen LogP contribution in [0.25, 0.3) is 0 Å². The van der Waals surface area contributed by atoms with E-state index in [1.165, 1.54) is 24.0 Å². The molecule has 1 aliphatic rings. The second-order valence-electron chi connectivity index (χ2n) is 5.98. The average molecular weight is 295 g/mol. The lowest BCUT2D eigenvalue weighted by Gasteiger charge is -2.18. The summed E-state index contributed by atoms with van der Waals surface area (Å²) in [6.45, 7) is 1.92. The highest BCUT2D eigenvalue weighted by atomic mass is 16.3. The van der Waals surface area contributed by atoms with E-state index in [9.17, 15) is 9.90 Å². The first-order chi connectivity index (χ1) is 10.6. The Bertz CT molecular complexity index is 694. The predicted octanol–water partition coefficient (Wildman–Crippen LogP) is 3.76. The van der Waals surface area contributed by atoms with E-state index in [4.69, 9.17) is 0 Å². The van der Waals surface area contributed by atoms with Crippen LogP contribution in [0, 0.1) is 0 Å². The van der Waals surface area contributed by atoms with Crippen LogP contribution in [0.3, 0.4) is 0 Å². The molecule has 0 saturated heterocycles. The van der Waals surface area contributed by atoms with Crippen molar-refractivity contribution in [2.75, 3.05) is 0 Å². The van der Waals surface area contributed by atoms with Crippen molar-refractivity contribution in [2.45, 2.75) is 38.6 Å². The minimum absolute atomic E-state index is 0.0655. The number of aromatic hydroxyl groups is 1. The number of nitrogens with one attached hydrogen (secondary N) is 1. The van der Waals surface area contributed by atoms with Crippen LogP contribution in [0.5, 0.6) is 5.75 Å². The summed E-state index contributed by atoms with van der Waals surface area (Å²) in [4.78, 5) is 12.4. The summed E-state index contributed by atoms with van der Waals surface area (Å²) >= 11 is 0. The van der Waals surface area contributed by atoms with E-state index in [1.807, 2.05) is 25.1 Å². The first kappa shape index (κ1) is 14.6. The summed E-state index contributed by atoms with van der Waals surface area (Å²) in [6, 6.07) is 12.9. The number of rotatable bonds is 3. The monoisotopic (exact) mass is 295 g/mol. The maximum Gasteiger partial charge on any atom is 0.251 e. The zero-order valence-electron chi connectivity index (χ0n) is 12.8. The van der Waals surface area contributed by atoms with Gasteiger partial charge in [-0.15, -0.1) is 0 Å². The lowest BCUT2D eigenvalue weighted by atomic mass is 9.90. The standard InChI is InChI=1S/C19H21NO2/c1-13(15-7-4-8-18(21)12-15)20-19(22)17-10-9-14-5-2-3-6-16(14)11-17/h4,7-13,21H,2-3,5-6H2,1H3,(H,20,22). The van der Waals surface area contributed by atoms with Gasteiger partial charge in [0.15, 0.2) is 0 Å². The molecule has 1 unspecified atom stereocenters. The highest BCUT2D eigenvalue weighted by Crippen LogP contribution is 2.23. The Kier molecular flexibility index (Phi) is 4.14. The number of carbonyl (C=O) groups is 1. The van der Waals surface area contributed by atoms with E-state index in [1.54, 1.807) is 18.2 Å². The molecule has 2 aromatic carbocycles. The van der Waals surface area contributed by atoms with E-state index in [0.29, 0.717) is 5.56 Å². The van der Waals surface area contributed by atoms with Crippen LogP contribution in [0.15, 0.2) is 42.5 Å². The Balaban J connectivity index is 1.74. The molecule has 1 atom stereocenters. The van der Waals surface area contributed by atoms with Gasteiger partial charge in [0, 0.05) is 5.56 Å². The highest BCUT2D eigenvalue weighted by molar-refractivity contribution is 5.94. The normalized spacial score (nSPS) is 15.0. The SMILES string of the molecule is CC(NC(=O)c1ccc2c(c1)CCCC2)c1cccc(O)c1. The Hall–Kier alpha value is -2.29. The van der Waals surface area contributed by atoms with Crippen LogP contribution in [-0.2, 0) is 12.8 Å². The molecule has 2 N–H and O–H groups in total. The van der Waals surface area contributed by atoms with E-state index < -0.39 is 0 Å². The van der Waals surface area contributed by atoms with E-state index in [0.717, 1.165) is 18.4 Å². The van der Waals surface area contributed by atoms with Crippen molar-refractivity contribution in [2.24, 2.45) is 0 Å². The highest BCUT2D eigenvalue weighted by Gasteiger charge is 2.15. The number of hydrogen-bond donors (Lipinski definition) is 2. The predicted molar refractivity (Wildman–Crippen MR) is 87.1 cm³/mol. The van der Waals surface area contributed by atoms with Gasteiger partial charge in [-0.05, 0) is 73.6 Å². The first-order valence-electron chi connectivity index (χ1n) is 7.85. The van der Waals surface area contributed by atoms with Crippen molar-refractivity contribution in [3.05, 3.63) is 64.7 Å². The van der Waals surface area contributed by atoms with Gasteiger partial charge in [-0.2, -0.15) is 0 Å². The van der Waals surface area contributed by atoms with Gasteiger partial charge in [0.2, 0.25) is 0 Å². The topological polar surface area (TPSA) is 49.3 Å². The third kappa shape index (κ3) is 3.14. The summed E-state index contributed by atoms with van der Waals surface area (Å²) in [7, 11) is 0. The van der Waals surface area contributed by atoms with E-state index in [-0.39, 0.29) is 17.7 Å². The molecule has 0 bridgehead atoms. The Morgan fingerprint density at radius 1 is 1.09 bits per heavy atom. The van der Waals surface area contributed by atoms with Crippen molar-refractivity contribution in [1.82, 2.24) is 5.32 Å². The molecule has 2 aromatic rings. The summed E-state index contributed by atoms with van der Waals surface area (Å²) in [5, 5.41) is 12.5. The molecule has 3 rings (SSSR count). The van der Waals surface area contributed by atoms with Crippen LogP contribution < -0.4 is 5.32 Å². The Morgan fingerprint density at radius 3 is 2.64 bits per heavy atom. The number of carbonyl (C=O) groups excluding carboxylic acids is 1. The molecule has 1 amide bonds. The molecule has 0 spiro atoms. The van der Waals surface area contributed by atoms with E-state index in [2.05, 4.69) is 11.4 Å². The van der Waals surface area contributed by atoms with Crippen LogP contribution >= 0.6 is 0 Å². The third-order valence-corrected chi connectivity index (χ3v) is 4.33. The number of phenols is 1. The molecule has 22 heavy (non-hydrogen) atoms. The van der Waals surface area contributed by atoms with Gasteiger partial charge in [0.05, 0.1) is 6.04 Å². The quantitative estimate of drug-likeness (QED) is 0.905. The van der Waals surface area contributed by atoms with Crippen molar-refractivity contribution in [1.29, 1.82) is 0 Å². The van der Waals surface area contributed by atoms with Gasteiger partial charge in [0.25, 0.3) is 5.91 Å². The molecule has 0 heterocycles. The van der Waals surface area contributed by atoms with Gasteiger partial charge in [-0.3, -0.25) is 4.79 Å². The molecule has 0 saturated carbocycles. The Labute approximate surface area is 131 Å². The van der Waals surface area contributed by atoms with Crippen LogP contribution in [0.4, 0.5) is 0 Å². The summed E-state index contributed by atoms with van der Waals surface area (Å²) in [5.41, 5.74) is 4.30. The van der Waals surface area contributed by atoms with Crippen LogP contribution in [0.2, 0.25) is 0 Å². The second kappa shape index (κ2) is 6.22. The average Bonchev–Trinajstić information content (AvgIpc) is 2.54. The molecule has 3 heteroatoms. The molecular formula is C19H21NO2. The number of phenolic OH excluding ortho intramolecular Hbond substituents is 1. The van der Waals surface area contributed by atoms with Crippen LogP contribution in [0.1, 0.15) is 52.9 Å². The molecule has 0 radical (unpaired) electrons. The van der Waals surface area contributed by atoms with Crippen molar-refractivity contribution in [3.63, 3.8) is 0 Å².